The van der Waals surface area contributed by atoms with Crippen LogP contribution in [-0.2, 0) is 11.2 Å². The molecule has 2 aliphatic heterocycles. The summed E-state index contributed by atoms with van der Waals surface area (Å²) in [4.78, 5) is 25.9. The van der Waals surface area contributed by atoms with Crippen LogP contribution in [0.2, 0.25) is 0 Å². The predicted molar refractivity (Wildman–Crippen MR) is 114 cm³/mol. The molecule has 0 aromatic heterocycles. The SMILES string of the molecule is CNC(=O)c1ccc(N2CCC(Cc3ccc4c(c3)NC(=O)C(C)O4)CC2)cc1. The molecule has 6 nitrogen and oxygen atoms in total. The van der Waals surface area contributed by atoms with Crippen LogP contribution in [0, 0.1) is 5.92 Å². The first-order valence-electron chi connectivity index (χ1n) is 10.2. The highest BCUT2D eigenvalue weighted by Crippen LogP contribution is 2.32. The summed E-state index contributed by atoms with van der Waals surface area (Å²) in [5.74, 6) is 1.21. The third-order valence-corrected chi connectivity index (χ3v) is 5.84. The number of carbonyl (C=O) groups excluding carboxylic acids is 2. The molecule has 1 saturated heterocycles. The molecular weight excluding hydrogens is 366 g/mol. The second-order valence-corrected chi connectivity index (χ2v) is 7.84. The van der Waals surface area contributed by atoms with Crippen molar-refractivity contribution < 1.29 is 14.3 Å². The van der Waals surface area contributed by atoms with Gasteiger partial charge >= 0.3 is 0 Å². The minimum absolute atomic E-state index is 0.0589. The van der Waals surface area contributed by atoms with Crippen LogP contribution in [0.3, 0.4) is 0 Å². The number of hydrogen-bond donors (Lipinski definition) is 2. The summed E-state index contributed by atoms with van der Waals surface area (Å²) in [6.07, 6.45) is 2.80. The maximum Gasteiger partial charge on any atom is 0.265 e. The van der Waals surface area contributed by atoms with E-state index in [0.717, 1.165) is 43.8 Å². The summed E-state index contributed by atoms with van der Waals surface area (Å²) in [6, 6.07) is 13.9. The van der Waals surface area contributed by atoms with Gasteiger partial charge < -0.3 is 20.3 Å². The lowest BCUT2D eigenvalue weighted by Crippen LogP contribution is -2.35. The number of piperidine rings is 1. The molecule has 2 N–H and O–H groups in total. The maximum absolute atomic E-state index is 11.8. The van der Waals surface area contributed by atoms with E-state index in [4.69, 9.17) is 4.74 Å². The molecule has 4 rings (SSSR count). The largest absolute Gasteiger partial charge is 0.479 e. The van der Waals surface area contributed by atoms with E-state index in [1.807, 2.05) is 36.4 Å². The molecular formula is C23H27N3O3. The zero-order valence-corrected chi connectivity index (χ0v) is 16.9. The Morgan fingerprint density at radius 1 is 1.17 bits per heavy atom. The fourth-order valence-electron chi connectivity index (χ4n) is 4.08. The Morgan fingerprint density at radius 3 is 2.59 bits per heavy atom. The highest BCUT2D eigenvalue weighted by Gasteiger charge is 2.25. The van der Waals surface area contributed by atoms with E-state index in [2.05, 4.69) is 21.6 Å². The molecule has 2 aromatic rings. The number of carbonyl (C=O) groups is 2. The lowest BCUT2D eigenvalue weighted by Gasteiger charge is -2.34. The van der Waals surface area contributed by atoms with Crippen molar-refractivity contribution in [3.05, 3.63) is 53.6 Å². The van der Waals surface area contributed by atoms with E-state index in [-0.39, 0.29) is 11.8 Å². The minimum Gasteiger partial charge on any atom is -0.479 e. The average Bonchev–Trinajstić information content (AvgIpc) is 2.75. The Balaban J connectivity index is 1.34. The molecule has 2 aromatic carbocycles. The Labute approximate surface area is 171 Å². The Hall–Kier alpha value is -3.02. The molecule has 0 aliphatic carbocycles. The summed E-state index contributed by atoms with van der Waals surface area (Å²) >= 11 is 0. The third-order valence-electron chi connectivity index (χ3n) is 5.84. The van der Waals surface area contributed by atoms with E-state index in [1.165, 1.54) is 11.3 Å². The van der Waals surface area contributed by atoms with Crippen LogP contribution in [0.25, 0.3) is 0 Å². The highest BCUT2D eigenvalue weighted by atomic mass is 16.5. The van der Waals surface area contributed by atoms with Crippen molar-refractivity contribution >= 4 is 23.2 Å². The quantitative estimate of drug-likeness (QED) is 0.837. The Morgan fingerprint density at radius 2 is 1.90 bits per heavy atom. The second-order valence-electron chi connectivity index (χ2n) is 7.84. The minimum atomic E-state index is -0.442. The number of anilines is 2. The Bertz CT molecular complexity index is 902. The van der Waals surface area contributed by atoms with Gasteiger partial charge in [0.15, 0.2) is 6.10 Å². The fraction of sp³-hybridized carbons (Fsp3) is 0.391. The smallest absolute Gasteiger partial charge is 0.265 e. The molecule has 152 valence electrons. The molecule has 0 saturated carbocycles. The van der Waals surface area contributed by atoms with Gasteiger partial charge in [0, 0.05) is 31.4 Å². The Kier molecular flexibility index (Phi) is 5.43. The molecule has 6 heteroatoms. The van der Waals surface area contributed by atoms with Gasteiger partial charge in [0.25, 0.3) is 11.8 Å². The molecule has 1 fully saturated rings. The van der Waals surface area contributed by atoms with Crippen LogP contribution in [0.1, 0.15) is 35.7 Å². The maximum atomic E-state index is 11.8. The number of nitrogens with zero attached hydrogens (tertiary/aromatic N) is 1. The molecule has 0 bridgehead atoms. The van der Waals surface area contributed by atoms with Crippen LogP contribution in [0.15, 0.2) is 42.5 Å². The van der Waals surface area contributed by atoms with Crippen LogP contribution in [0.5, 0.6) is 5.75 Å². The normalized spacial score (nSPS) is 19.2. The number of nitrogens with one attached hydrogen (secondary N) is 2. The fourth-order valence-corrected chi connectivity index (χ4v) is 4.08. The van der Waals surface area contributed by atoms with Crippen molar-refractivity contribution in [2.45, 2.75) is 32.3 Å². The molecule has 2 aliphatic rings. The van der Waals surface area contributed by atoms with Gasteiger partial charge in [-0.2, -0.15) is 0 Å². The number of fused-ring (bicyclic) bond motifs is 1. The van der Waals surface area contributed by atoms with Crippen LogP contribution in [0.4, 0.5) is 11.4 Å². The number of benzene rings is 2. The summed E-state index contributed by atoms with van der Waals surface area (Å²) in [7, 11) is 1.64. The molecule has 1 unspecified atom stereocenters. The van der Waals surface area contributed by atoms with Crippen molar-refractivity contribution in [2.24, 2.45) is 5.92 Å². The molecule has 0 radical (unpaired) electrons. The summed E-state index contributed by atoms with van der Waals surface area (Å²) < 4.78 is 5.64. The number of ether oxygens (including phenoxy) is 1. The lowest BCUT2D eigenvalue weighted by atomic mass is 9.89. The van der Waals surface area contributed by atoms with Crippen LogP contribution < -0.4 is 20.3 Å². The second kappa shape index (κ2) is 8.15. The van der Waals surface area contributed by atoms with E-state index < -0.39 is 6.10 Å². The first-order chi connectivity index (χ1) is 14.0. The number of hydrogen-bond acceptors (Lipinski definition) is 4. The van der Waals surface area contributed by atoms with Crippen molar-refractivity contribution in [3.8, 4) is 5.75 Å². The van der Waals surface area contributed by atoms with Crippen molar-refractivity contribution in [3.63, 3.8) is 0 Å². The molecule has 2 amide bonds. The van der Waals surface area contributed by atoms with Crippen LogP contribution in [-0.4, -0.2) is 38.1 Å². The molecule has 29 heavy (non-hydrogen) atoms. The van der Waals surface area contributed by atoms with E-state index in [0.29, 0.717) is 11.5 Å². The molecule has 2 heterocycles. The van der Waals surface area contributed by atoms with Gasteiger partial charge in [-0.15, -0.1) is 0 Å². The van der Waals surface area contributed by atoms with Crippen molar-refractivity contribution in [1.29, 1.82) is 0 Å². The first-order valence-corrected chi connectivity index (χ1v) is 10.2. The monoisotopic (exact) mass is 393 g/mol. The first kappa shape index (κ1) is 19.3. The van der Waals surface area contributed by atoms with E-state index >= 15 is 0 Å². The number of amides is 2. The zero-order valence-electron chi connectivity index (χ0n) is 16.9. The van der Waals surface area contributed by atoms with Crippen molar-refractivity contribution in [2.75, 3.05) is 30.4 Å². The summed E-state index contributed by atoms with van der Waals surface area (Å²) in [6.45, 7) is 3.77. The average molecular weight is 393 g/mol. The standard InChI is InChI=1S/C23H27N3O3/c1-15-22(27)25-20-14-17(3-8-21(20)29-15)13-16-9-11-26(12-10-16)19-6-4-18(5-7-19)23(28)24-2/h3-8,14-16H,9-13H2,1-2H3,(H,24,28)(H,25,27). The summed E-state index contributed by atoms with van der Waals surface area (Å²) in [5, 5.41) is 5.58. The van der Waals surface area contributed by atoms with Gasteiger partial charge in [-0.25, -0.2) is 0 Å². The summed E-state index contributed by atoms with van der Waals surface area (Å²) in [5.41, 5.74) is 3.86. The zero-order chi connectivity index (χ0) is 20.4. The van der Waals surface area contributed by atoms with Crippen molar-refractivity contribution in [1.82, 2.24) is 5.32 Å². The molecule has 1 atom stereocenters. The highest BCUT2D eigenvalue weighted by molar-refractivity contribution is 5.97. The van der Waals surface area contributed by atoms with E-state index in [1.54, 1.807) is 14.0 Å². The number of rotatable bonds is 4. The van der Waals surface area contributed by atoms with E-state index in [9.17, 15) is 9.59 Å². The molecule has 0 spiro atoms. The predicted octanol–water partition coefficient (Wildman–Crippen LogP) is 3.22. The van der Waals surface area contributed by atoms with Gasteiger partial charge in [0.05, 0.1) is 5.69 Å². The lowest BCUT2D eigenvalue weighted by molar-refractivity contribution is -0.122. The van der Waals surface area contributed by atoms with Gasteiger partial charge in [0.1, 0.15) is 5.75 Å². The topological polar surface area (TPSA) is 70.7 Å². The van der Waals surface area contributed by atoms with Crippen LogP contribution >= 0.6 is 0 Å². The van der Waals surface area contributed by atoms with Gasteiger partial charge in [-0.1, -0.05) is 6.07 Å². The third kappa shape index (κ3) is 4.21. The van der Waals surface area contributed by atoms with Gasteiger partial charge in [0.2, 0.25) is 0 Å². The van der Waals surface area contributed by atoms with Gasteiger partial charge in [-0.05, 0) is 74.1 Å². The van der Waals surface area contributed by atoms with Gasteiger partial charge in [-0.3, -0.25) is 9.59 Å².